The Morgan fingerprint density at radius 3 is 2.00 bits per heavy atom. The number of esters is 3. The molecule has 2 aliphatic rings. The molecule has 0 saturated heterocycles. The number of hydrogen-bond donors (Lipinski definition) is 0. The van der Waals surface area contributed by atoms with Gasteiger partial charge in [-0.3, -0.25) is 4.79 Å². The molecule has 2 heterocycles. The predicted molar refractivity (Wildman–Crippen MR) is 110 cm³/mol. The van der Waals surface area contributed by atoms with Crippen LogP contribution in [0.5, 0.6) is 28.7 Å². The number of benzene rings is 2. The van der Waals surface area contributed by atoms with E-state index in [0.29, 0.717) is 5.56 Å². The zero-order chi connectivity index (χ0) is 24.6. The van der Waals surface area contributed by atoms with Gasteiger partial charge in [-0.1, -0.05) is 0 Å². The van der Waals surface area contributed by atoms with Crippen molar-refractivity contribution in [3.05, 3.63) is 28.8 Å². The molecule has 0 spiro atoms. The molecule has 34 heavy (non-hydrogen) atoms. The Hall–Kier alpha value is -4.19. The molecule has 0 amide bonds. The molecule has 0 radical (unpaired) electrons. The fourth-order valence-corrected chi connectivity index (χ4v) is 3.70. The van der Waals surface area contributed by atoms with Crippen molar-refractivity contribution in [3.8, 4) is 39.9 Å². The van der Waals surface area contributed by atoms with E-state index in [9.17, 15) is 14.4 Å². The molecule has 1 atom stereocenters. The van der Waals surface area contributed by atoms with E-state index in [1.165, 1.54) is 47.5 Å². The third-order valence-electron chi connectivity index (χ3n) is 5.04. The fraction of sp³-hybridized carbons (Fsp3) is 0.318. The van der Waals surface area contributed by atoms with E-state index >= 15 is 0 Å². The summed E-state index contributed by atoms with van der Waals surface area (Å²) in [4.78, 5) is 47.3. The lowest BCUT2D eigenvalue weighted by Gasteiger charge is -2.20. The molecule has 0 N–H and O–H groups in total. The Morgan fingerprint density at radius 1 is 0.853 bits per heavy atom. The SMILES string of the molecule is COC(=O)c1cc2c(c(OC)c1-c1c(C(=O)OC)cc3c(c1OC)OC(OC(C)=O)O3)OOC2. The first-order chi connectivity index (χ1) is 16.3. The first-order valence-electron chi connectivity index (χ1n) is 9.80. The summed E-state index contributed by atoms with van der Waals surface area (Å²) in [6.07, 6.45) is 0. The van der Waals surface area contributed by atoms with Crippen LogP contribution in [0.3, 0.4) is 0 Å². The smallest absolute Gasteiger partial charge is 0.409 e. The summed E-state index contributed by atoms with van der Waals surface area (Å²) in [6.45, 7) is -0.179. The van der Waals surface area contributed by atoms with Gasteiger partial charge in [0, 0.05) is 23.6 Å². The van der Waals surface area contributed by atoms with Gasteiger partial charge in [-0.25, -0.2) is 9.59 Å². The molecule has 12 nitrogen and oxygen atoms in total. The Labute approximate surface area is 193 Å². The molecule has 2 aromatic carbocycles. The van der Waals surface area contributed by atoms with Crippen molar-refractivity contribution in [1.29, 1.82) is 0 Å². The maximum atomic E-state index is 12.8. The van der Waals surface area contributed by atoms with E-state index in [1.807, 2.05) is 0 Å². The maximum absolute atomic E-state index is 12.8. The first-order valence-corrected chi connectivity index (χ1v) is 9.80. The molecule has 0 aliphatic carbocycles. The minimum Gasteiger partial charge on any atom is -0.492 e. The molecule has 0 fully saturated rings. The summed E-state index contributed by atoms with van der Waals surface area (Å²) < 4.78 is 37.1. The number of hydrogen-bond acceptors (Lipinski definition) is 12. The van der Waals surface area contributed by atoms with E-state index in [2.05, 4.69) is 0 Å². The van der Waals surface area contributed by atoms with Gasteiger partial charge in [0.1, 0.15) is 6.61 Å². The highest BCUT2D eigenvalue weighted by molar-refractivity contribution is 6.08. The Bertz CT molecular complexity index is 1190. The highest BCUT2D eigenvalue weighted by atomic mass is 17.2. The van der Waals surface area contributed by atoms with Crippen molar-refractivity contribution in [3.63, 3.8) is 0 Å². The quantitative estimate of drug-likeness (QED) is 0.344. The number of carbonyl (C=O) groups excluding carboxylic acids is 3. The number of fused-ring (bicyclic) bond motifs is 2. The molecule has 0 aromatic heterocycles. The molecule has 12 heteroatoms. The third kappa shape index (κ3) is 3.67. The van der Waals surface area contributed by atoms with Crippen molar-refractivity contribution in [1.82, 2.24) is 0 Å². The third-order valence-corrected chi connectivity index (χ3v) is 5.04. The summed E-state index contributed by atoms with van der Waals surface area (Å²) in [7, 11) is 5.07. The molecular weight excluding hydrogens is 456 g/mol. The van der Waals surface area contributed by atoms with Gasteiger partial charge in [0.25, 0.3) is 0 Å². The maximum Gasteiger partial charge on any atom is 0.409 e. The summed E-state index contributed by atoms with van der Waals surface area (Å²) >= 11 is 0. The van der Waals surface area contributed by atoms with Gasteiger partial charge in [0.05, 0.1) is 39.6 Å². The van der Waals surface area contributed by atoms with Gasteiger partial charge in [0.2, 0.25) is 11.5 Å². The highest BCUT2D eigenvalue weighted by Gasteiger charge is 2.39. The van der Waals surface area contributed by atoms with Gasteiger partial charge < -0.3 is 38.0 Å². The van der Waals surface area contributed by atoms with Gasteiger partial charge in [-0.2, -0.15) is 4.89 Å². The lowest BCUT2D eigenvalue weighted by atomic mass is 9.90. The fourth-order valence-electron chi connectivity index (χ4n) is 3.70. The highest BCUT2D eigenvalue weighted by Crippen LogP contribution is 2.55. The minimum absolute atomic E-state index is 0.0186. The zero-order valence-corrected chi connectivity index (χ0v) is 18.8. The van der Waals surface area contributed by atoms with Crippen LogP contribution in [0.2, 0.25) is 0 Å². The molecule has 2 aromatic rings. The monoisotopic (exact) mass is 476 g/mol. The van der Waals surface area contributed by atoms with Crippen LogP contribution in [0, 0.1) is 0 Å². The van der Waals surface area contributed by atoms with E-state index < -0.39 is 24.4 Å². The Balaban J connectivity index is 2.07. The van der Waals surface area contributed by atoms with Crippen molar-refractivity contribution >= 4 is 17.9 Å². The molecular formula is C22H20O12. The summed E-state index contributed by atoms with van der Waals surface area (Å²) in [5, 5.41) is 0. The largest absolute Gasteiger partial charge is 0.492 e. The number of rotatable bonds is 6. The second kappa shape index (κ2) is 8.98. The normalized spacial score (nSPS) is 15.1. The van der Waals surface area contributed by atoms with Crippen LogP contribution in [0.15, 0.2) is 12.1 Å². The number of carbonyl (C=O) groups is 3. The molecule has 0 bridgehead atoms. The van der Waals surface area contributed by atoms with Crippen molar-refractivity contribution in [2.45, 2.75) is 20.0 Å². The van der Waals surface area contributed by atoms with Crippen molar-refractivity contribution in [2.24, 2.45) is 0 Å². The van der Waals surface area contributed by atoms with E-state index in [4.69, 9.17) is 42.9 Å². The van der Waals surface area contributed by atoms with Crippen molar-refractivity contribution < 1.29 is 57.3 Å². The Kier molecular flexibility index (Phi) is 6.07. The lowest BCUT2D eigenvalue weighted by Crippen LogP contribution is -2.24. The van der Waals surface area contributed by atoms with E-state index in [1.54, 1.807) is 0 Å². The number of ether oxygens (including phenoxy) is 7. The van der Waals surface area contributed by atoms with Crippen molar-refractivity contribution in [2.75, 3.05) is 28.4 Å². The summed E-state index contributed by atoms with van der Waals surface area (Å²) in [6, 6.07) is 2.81. The topological polar surface area (TPSA) is 134 Å². The average molecular weight is 476 g/mol. The van der Waals surface area contributed by atoms with Crippen LogP contribution in [-0.4, -0.2) is 52.8 Å². The van der Waals surface area contributed by atoms with Gasteiger partial charge in [-0.05, 0) is 12.1 Å². The number of methoxy groups -OCH3 is 4. The van der Waals surface area contributed by atoms with Gasteiger partial charge in [0.15, 0.2) is 17.2 Å². The molecule has 0 saturated carbocycles. The zero-order valence-electron chi connectivity index (χ0n) is 18.8. The molecule has 1 unspecified atom stereocenters. The lowest BCUT2D eigenvalue weighted by molar-refractivity contribution is -0.195. The van der Waals surface area contributed by atoms with Gasteiger partial charge >= 0.3 is 24.4 Å². The van der Waals surface area contributed by atoms with Crippen LogP contribution in [0.4, 0.5) is 0 Å². The van der Waals surface area contributed by atoms with E-state index in [0.717, 1.165) is 0 Å². The predicted octanol–water partition coefficient (Wildman–Crippen LogP) is 2.39. The molecule has 4 rings (SSSR count). The van der Waals surface area contributed by atoms with Crippen LogP contribution in [-0.2, 0) is 30.5 Å². The Morgan fingerprint density at radius 2 is 1.44 bits per heavy atom. The molecule has 180 valence electrons. The van der Waals surface area contributed by atoms with Crippen LogP contribution in [0.1, 0.15) is 33.2 Å². The average Bonchev–Trinajstić information content (AvgIpc) is 3.46. The van der Waals surface area contributed by atoms with Gasteiger partial charge in [-0.15, -0.1) is 0 Å². The molecule has 2 aliphatic heterocycles. The second-order valence-corrected chi connectivity index (χ2v) is 6.94. The van der Waals surface area contributed by atoms with E-state index in [-0.39, 0.29) is 57.6 Å². The van der Waals surface area contributed by atoms with Crippen LogP contribution in [0.25, 0.3) is 11.1 Å². The first kappa shape index (κ1) is 23.0. The van der Waals surface area contributed by atoms with Crippen LogP contribution >= 0.6 is 0 Å². The van der Waals surface area contributed by atoms with Crippen LogP contribution < -0.4 is 23.8 Å². The summed E-state index contributed by atoms with van der Waals surface area (Å²) in [5.74, 6) is -1.83. The standard InChI is InChI=1S/C22H20O12/c1-9(23)31-22-32-13-7-12(21(25)29-5)15(19(27-3)17(13)33-22)14-11(20(24)28-4)6-10-8-30-34-16(10)18(14)26-2/h6-7,22H,8H2,1-5H3. The second-order valence-electron chi connectivity index (χ2n) is 6.94. The minimum atomic E-state index is -1.42. The summed E-state index contributed by atoms with van der Waals surface area (Å²) in [5.41, 5.74) is 0.655.